The van der Waals surface area contributed by atoms with Gasteiger partial charge in [0.2, 0.25) is 0 Å². The molecule has 1 aromatic rings. The van der Waals surface area contributed by atoms with E-state index in [4.69, 9.17) is 4.74 Å². The predicted molar refractivity (Wildman–Crippen MR) is 83.2 cm³/mol. The normalized spacial score (nSPS) is 29.1. The van der Waals surface area contributed by atoms with Gasteiger partial charge in [0.05, 0.1) is 7.11 Å². The van der Waals surface area contributed by atoms with Gasteiger partial charge < -0.3 is 10.1 Å². The Bertz CT molecular complexity index is 463. The Labute approximate surface area is 122 Å². The number of ether oxygens (including phenoxy) is 1. The summed E-state index contributed by atoms with van der Waals surface area (Å²) in [7, 11) is 1.77. The average Bonchev–Trinajstić information content (AvgIpc) is 3.02. The minimum atomic E-state index is 0.524. The molecule has 3 atom stereocenters. The smallest absolute Gasteiger partial charge is 0.124 e. The summed E-state index contributed by atoms with van der Waals surface area (Å²) < 4.78 is 5.50. The number of hydrogen-bond acceptors (Lipinski definition) is 2. The van der Waals surface area contributed by atoms with E-state index >= 15 is 0 Å². The molecule has 2 heteroatoms. The molecule has 2 aliphatic carbocycles. The molecule has 3 rings (SSSR count). The summed E-state index contributed by atoms with van der Waals surface area (Å²) in [5.74, 6) is 3.95. The Morgan fingerprint density at radius 2 is 1.75 bits per heavy atom. The van der Waals surface area contributed by atoms with Crippen LogP contribution in [-0.2, 0) is 0 Å². The highest BCUT2D eigenvalue weighted by atomic mass is 16.5. The molecule has 0 radical (unpaired) electrons. The molecule has 0 aromatic heterocycles. The number of nitrogens with one attached hydrogen (secondary N) is 1. The SMILES string of the molecule is CCNC(c1cc(C)c(OC)c(C)c1)C1CC2CC2C1. The Hall–Kier alpha value is -1.02. The van der Waals surface area contributed by atoms with Gasteiger partial charge in [0, 0.05) is 6.04 Å². The van der Waals surface area contributed by atoms with Crippen LogP contribution in [0.2, 0.25) is 0 Å². The maximum absolute atomic E-state index is 5.50. The topological polar surface area (TPSA) is 21.3 Å². The van der Waals surface area contributed by atoms with Gasteiger partial charge in [-0.15, -0.1) is 0 Å². The molecule has 0 spiro atoms. The molecule has 20 heavy (non-hydrogen) atoms. The van der Waals surface area contributed by atoms with Gasteiger partial charge in [0.15, 0.2) is 0 Å². The van der Waals surface area contributed by atoms with Gasteiger partial charge in [0.1, 0.15) is 5.75 Å². The molecule has 110 valence electrons. The summed E-state index contributed by atoms with van der Waals surface area (Å²) in [5, 5.41) is 3.73. The third kappa shape index (κ3) is 2.46. The van der Waals surface area contributed by atoms with E-state index in [2.05, 4.69) is 38.2 Å². The fourth-order valence-corrected chi connectivity index (χ4v) is 4.30. The second-order valence-electron chi connectivity index (χ2n) is 6.71. The molecule has 0 aliphatic heterocycles. The molecule has 0 bridgehead atoms. The first-order valence-corrected chi connectivity index (χ1v) is 8.02. The molecule has 0 saturated heterocycles. The largest absolute Gasteiger partial charge is 0.496 e. The van der Waals surface area contributed by atoms with Gasteiger partial charge >= 0.3 is 0 Å². The van der Waals surface area contributed by atoms with Gasteiger partial charge in [-0.3, -0.25) is 0 Å². The van der Waals surface area contributed by atoms with Crippen molar-refractivity contribution in [1.82, 2.24) is 5.32 Å². The van der Waals surface area contributed by atoms with Crippen LogP contribution in [0.1, 0.15) is 48.9 Å². The fourth-order valence-electron chi connectivity index (χ4n) is 4.30. The number of benzene rings is 1. The molecular weight excluding hydrogens is 246 g/mol. The van der Waals surface area contributed by atoms with Crippen molar-refractivity contribution in [2.45, 2.75) is 46.1 Å². The molecule has 2 fully saturated rings. The van der Waals surface area contributed by atoms with E-state index in [1.807, 2.05) is 0 Å². The number of methoxy groups -OCH3 is 1. The van der Waals surface area contributed by atoms with Crippen LogP contribution in [0.4, 0.5) is 0 Å². The zero-order valence-electron chi connectivity index (χ0n) is 13.2. The van der Waals surface area contributed by atoms with Crippen LogP contribution >= 0.6 is 0 Å². The first kappa shape index (κ1) is 13.9. The fraction of sp³-hybridized carbons (Fsp3) is 0.667. The van der Waals surface area contributed by atoms with Gasteiger partial charge in [-0.2, -0.15) is 0 Å². The highest BCUT2D eigenvalue weighted by Crippen LogP contribution is 2.57. The molecule has 0 amide bonds. The molecular formula is C18H27NO. The summed E-state index contributed by atoms with van der Waals surface area (Å²) in [4.78, 5) is 0. The van der Waals surface area contributed by atoms with E-state index in [0.29, 0.717) is 6.04 Å². The van der Waals surface area contributed by atoms with Crippen molar-refractivity contribution in [1.29, 1.82) is 0 Å². The van der Waals surface area contributed by atoms with Crippen LogP contribution in [0.5, 0.6) is 5.75 Å². The standard InChI is InChI=1S/C18H27NO/c1-5-19-17(16-9-13-8-14(13)10-16)15-6-11(2)18(20-4)12(3)7-15/h6-7,13-14,16-17,19H,5,8-10H2,1-4H3. The Balaban J connectivity index is 1.87. The number of aryl methyl sites for hydroxylation is 2. The van der Waals surface area contributed by atoms with E-state index in [-0.39, 0.29) is 0 Å². The third-order valence-corrected chi connectivity index (χ3v) is 5.22. The lowest BCUT2D eigenvalue weighted by Crippen LogP contribution is -2.28. The lowest BCUT2D eigenvalue weighted by molar-refractivity contribution is 0.345. The van der Waals surface area contributed by atoms with Crippen molar-refractivity contribution in [3.63, 3.8) is 0 Å². The van der Waals surface area contributed by atoms with Gasteiger partial charge in [0.25, 0.3) is 0 Å². The minimum absolute atomic E-state index is 0.524. The highest BCUT2D eigenvalue weighted by molar-refractivity contribution is 5.44. The summed E-state index contributed by atoms with van der Waals surface area (Å²) in [6.07, 6.45) is 4.34. The van der Waals surface area contributed by atoms with Crippen molar-refractivity contribution < 1.29 is 4.74 Å². The van der Waals surface area contributed by atoms with Crippen LogP contribution in [0.25, 0.3) is 0 Å². The first-order valence-electron chi connectivity index (χ1n) is 8.02. The summed E-state index contributed by atoms with van der Waals surface area (Å²) >= 11 is 0. The second kappa shape index (κ2) is 5.40. The molecule has 2 saturated carbocycles. The van der Waals surface area contributed by atoms with Gasteiger partial charge in [-0.1, -0.05) is 19.1 Å². The van der Waals surface area contributed by atoms with Crippen molar-refractivity contribution in [3.05, 3.63) is 28.8 Å². The molecule has 2 nitrogen and oxygen atoms in total. The maximum Gasteiger partial charge on any atom is 0.124 e. The van der Waals surface area contributed by atoms with Gasteiger partial charge in [-0.05, 0) is 74.1 Å². The second-order valence-corrected chi connectivity index (χ2v) is 6.71. The zero-order valence-corrected chi connectivity index (χ0v) is 13.2. The predicted octanol–water partition coefficient (Wildman–Crippen LogP) is 4.01. The monoisotopic (exact) mass is 273 g/mol. The van der Waals surface area contributed by atoms with E-state index < -0.39 is 0 Å². The van der Waals surface area contributed by atoms with E-state index in [0.717, 1.165) is 30.0 Å². The lowest BCUT2D eigenvalue weighted by Gasteiger charge is -2.27. The molecule has 1 aromatic carbocycles. The Morgan fingerprint density at radius 3 is 2.25 bits per heavy atom. The number of hydrogen-bond donors (Lipinski definition) is 1. The number of rotatable bonds is 5. The summed E-state index contributed by atoms with van der Waals surface area (Å²) in [6.45, 7) is 7.57. The Kier molecular flexibility index (Phi) is 3.76. The van der Waals surface area contributed by atoms with E-state index in [1.165, 1.54) is 36.0 Å². The van der Waals surface area contributed by atoms with E-state index in [9.17, 15) is 0 Å². The average molecular weight is 273 g/mol. The molecule has 3 unspecified atom stereocenters. The first-order chi connectivity index (χ1) is 9.63. The lowest BCUT2D eigenvalue weighted by atomic mass is 9.87. The molecule has 2 aliphatic rings. The van der Waals surface area contributed by atoms with Gasteiger partial charge in [-0.25, -0.2) is 0 Å². The van der Waals surface area contributed by atoms with Crippen LogP contribution in [0.15, 0.2) is 12.1 Å². The quantitative estimate of drug-likeness (QED) is 0.875. The van der Waals surface area contributed by atoms with Crippen LogP contribution < -0.4 is 10.1 Å². The Morgan fingerprint density at radius 1 is 1.15 bits per heavy atom. The van der Waals surface area contributed by atoms with Crippen molar-refractivity contribution in [3.8, 4) is 5.75 Å². The number of fused-ring (bicyclic) bond motifs is 1. The van der Waals surface area contributed by atoms with Crippen molar-refractivity contribution in [2.75, 3.05) is 13.7 Å². The van der Waals surface area contributed by atoms with Crippen LogP contribution in [0, 0.1) is 31.6 Å². The zero-order chi connectivity index (χ0) is 14.3. The highest BCUT2D eigenvalue weighted by Gasteiger charge is 2.47. The van der Waals surface area contributed by atoms with Crippen LogP contribution in [0.3, 0.4) is 0 Å². The van der Waals surface area contributed by atoms with Crippen LogP contribution in [-0.4, -0.2) is 13.7 Å². The minimum Gasteiger partial charge on any atom is -0.496 e. The molecule has 1 N–H and O–H groups in total. The van der Waals surface area contributed by atoms with E-state index in [1.54, 1.807) is 7.11 Å². The van der Waals surface area contributed by atoms with Crippen molar-refractivity contribution in [2.24, 2.45) is 17.8 Å². The maximum atomic E-state index is 5.50. The summed E-state index contributed by atoms with van der Waals surface area (Å²) in [6, 6.07) is 5.17. The summed E-state index contributed by atoms with van der Waals surface area (Å²) in [5.41, 5.74) is 3.97. The molecule has 0 heterocycles. The van der Waals surface area contributed by atoms with Crippen molar-refractivity contribution >= 4 is 0 Å². The third-order valence-electron chi connectivity index (χ3n) is 5.22.